The second-order valence-corrected chi connectivity index (χ2v) is 6.49. The zero-order valence-corrected chi connectivity index (χ0v) is 14.8. The van der Waals surface area contributed by atoms with Crippen molar-refractivity contribution in [2.24, 2.45) is 5.92 Å². The zero-order chi connectivity index (χ0) is 18.5. The molecule has 3 heterocycles. The number of aryl methyl sites for hydroxylation is 1. The monoisotopic (exact) mass is 358 g/mol. The van der Waals surface area contributed by atoms with E-state index in [2.05, 4.69) is 10.2 Å². The van der Waals surface area contributed by atoms with Gasteiger partial charge in [-0.15, -0.1) is 10.2 Å². The van der Waals surface area contributed by atoms with Gasteiger partial charge in [-0.05, 0) is 30.9 Å². The minimum Gasteiger partial charge on any atom is -0.469 e. The van der Waals surface area contributed by atoms with E-state index in [1.165, 1.54) is 11.5 Å². The first-order valence-electron chi connectivity index (χ1n) is 8.76. The van der Waals surface area contributed by atoms with Crippen molar-refractivity contribution < 1.29 is 14.3 Å². The Morgan fingerprint density at radius 2 is 2.00 bits per heavy atom. The Morgan fingerprint density at radius 3 is 2.73 bits per heavy atom. The molecule has 1 fully saturated rings. The summed E-state index contributed by atoms with van der Waals surface area (Å²) in [4.78, 5) is 37.9. The number of pyridine rings is 1. The van der Waals surface area contributed by atoms with Crippen molar-refractivity contribution in [2.75, 3.05) is 20.2 Å². The highest BCUT2D eigenvalue weighted by Gasteiger charge is 2.24. The summed E-state index contributed by atoms with van der Waals surface area (Å²) in [6.07, 6.45) is 4.12. The molecule has 0 bridgehead atoms. The zero-order valence-electron chi connectivity index (χ0n) is 14.8. The number of esters is 1. The third kappa shape index (κ3) is 4.07. The van der Waals surface area contributed by atoms with Crippen LogP contribution in [-0.4, -0.2) is 51.6 Å². The normalized spacial score (nSPS) is 15.2. The molecule has 26 heavy (non-hydrogen) atoms. The van der Waals surface area contributed by atoms with Crippen LogP contribution in [0.1, 0.15) is 31.4 Å². The van der Waals surface area contributed by atoms with Gasteiger partial charge in [-0.25, -0.2) is 0 Å². The van der Waals surface area contributed by atoms with Crippen LogP contribution in [0.15, 0.2) is 29.2 Å². The fraction of sp³-hybridized carbons (Fsp3) is 0.500. The van der Waals surface area contributed by atoms with Gasteiger partial charge in [0.25, 0.3) is 5.56 Å². The number of hydrogen-bond acceptors (Lipinski definition) is 6. The number of methoxy groups -OCH3 is 1. The number of ether oxygens (including phenoxy) is 1. The van der Waals surface area contributed by atoms with E-state index in [9.17, 15) is 14.4 Å². The molecule has 0 unspecified atom stereocenters. The van der Waals surface area contributed by atoms with E-state index in [0.29, 0.717) is 30.9 Å². The number of carbonyl (C=O) groups is 2. The van der Waals surface area contributed by atoms with Gasteiger partial charge in [-0.3, -0.25) is 18.8 Å². The average molecular weight is 358 g/mol. The van der Waals surface area contributed by atoms with Gasteiger partial charge in [0.2, 0.25) is 5.91 Å². The molecule has 1 saturated heterocycles. The van der Waals surface area contributed by atoms with Gasteiger partial charge in [0.1, 0.15) is 5.69 Å². The van der Waals surface area contributed by atoms with Crippen molar-refractivity contribution in [3.63, 3.8) is 0 Å². The van der Waals surface area contributed by atoms with Crippen LogP contribution < -0.4 is 5.56 Å². The highest BCUT2D eigenvalue weighted by atomic mass is 16.5. The molecule has 0 spiro atoms. The van der Waals surface area contributed by atoms with E-state index in [1.54, 1.807) is 29.3 Å². The number of aromatic nitrogens is 3. The Hall–Kier alpha value is -2.77. The van der Waals surface area contributed by atoms with Crippen molar-refractivity contribution in [1.82, 2.24) is 19.5 Å². The average Bonchev–Trinajstić information content (AvgIpc) is 2.68. The van der Waals surface area contributed by atoms with Crippen molar-refractivity contribution in [3.05, 3.63) is 40.4 Å². The molecule has 8 heteroatoms. The quantitative estimate of drug-likeness (QED) is 0.735. The SMILES string of the molecule is COC(=O)CC1CCN(C(=O)CCc2nnc3ccccn3c2=O)CC1. The summed E-state index contributed by atoms with van der Waals surface area (Å²) >= 11 is 0. The van der Waals surface area contributed by atoms with Crippen molar-refractivity contribution >= 4 is 17.5 Å². The van der Waals surface area contributed by atoms with E-state index in [1.807, 2.05) is 0 Å². The summed E-state index contributed by atoms with van der Waals surface area (Å²) in [6.45, 7) is 1.26. The van der Waals surface area contributed by atoms with E-state index >= 15 is 0 Å². The van der Waals surface area contributed by atoms with Crippen LogP contribution in [0.25, 0.3) is 5.65 Å². The Labute approximate surface area is 150 Å². The number of piperidine rings is 1. The van der Waals surface area contributed by atoms with Crippen LogP contribution >= 0.6 is 0 Å². The maximum absolute atomic E-state index is 12.4. The summed E-state index contributed by atoms with van der Waals surface area (Å²) in [5.41, 5.74) is 0.545. The molecule has 0 radical (unpaired) electrons. The van der Waals surface area contributed by atoms with E-state index in [4.69, 9.17) is 4.74 Å². The van der Waals surface area contributed by atoms with Crippen molar-refractivity contribution in [2.45, 2.75) is 32.1 Å². The summed E-state index contributed by atoms with van der Waals surface area (Å²) in [6, 6.07) is 5.25. The van der Waals surface area contributed by atoms with Crippen LogP contribution in [-0.2, 0) is 20.7 Å². The van der Waals surface area contributed by atoms with Crippen LogP contribution in [0, 0.1) is 5.92 Å². The first kappa shape index (κ1) is 18.0. The smallest absolute Gasteiger partial charge is 0.305 e. The maximum Gasteiger partial charge on any atom is 0.305 e. The molecule has 0 N–H and O–H groups in total. The third-order valence-electron chi connectivity index (χ3n) is 4.80. The molecule has 0 aliphatic carbocycles. The molecule has 1 amide bonds. The summed E-state index contributed by atoms with van der Waals surface area (Å²) in [5.74, 6) is 0.0634. The van der Waals surface area contributed by atoms with Crippen LogP contribution in [0.3, 0.4) is 0 Å². The Kier molecular flexibility index (Phi) is 5.60. The van der Waals surface area contributed by atoms with Crippen molar-refractivity contribution in [1.29, 1.82) is 0 Å². The highest BCUT2D eigenvalue weighted by molar-refractivity contribution is 5.76. The molecule has 3 rings (SSSR count). The molecule has 2 aromatic heterocycles. The molecule has 0 atom stereocenters. The molecule has 0 aromatic carbocycles. The predicted molar refractivity (Wildman–Crippen MR) is 93.5 cm³/mol. The van der Waals surface area contributed by atoms with Gasteiger partial charge in [0, 0.05) is 38.5 Å². The van der Waals surface area contributed by atoms with Crippen LogP contribution in [0.2, 0.25) is 0 Å². The molecule has 8 nitrogen and oxygen atoms in total. The highest BCUT2D eigenvalue weighted by Crippen LogP contribution is 2.21. The summed E-state index contributed by atoms with van der Waals surface area (Å²) in [5, 5.41) is 7.99. The fourth-order valence-electron chi connectivity index (χ4n) is 3.23. The first-order valence-corrected chi connectivity index (χ1v) is 8.76. The summed E-state index contributed by atoms with van der Waals surface area (Å²) in [7, 11) is 1.39. The first-order chi connectivity index (χ1) is 12.6. The second-order valence-electron chi connectivity index (χ2n) is 6.49. The lowest BCUT2D eigenvalue weighted by Crippen LogP contribution is -2.39. The Balaban J connectivity index is 1.54. The Morgan fingerprint density at radius 1 is 1.23 bits per heavy atom. The number of likely N-dealkylation sites (tertiary alicyclic amines) is 1. The number of hydrogen-bond donors (Lipinski definition) is 0. The lowest BCUT2D eigenvalue weighted by atomic mass is 9.93. The van der Waals surface area contributed by atoms with E-state index in [0.717, 1.165) is 12.8 Å². The van der Waals surface area contributed by atoms with Crippen molar-refractivity contribution in [3.8, 4) is 0 Å². The lowest BCUT2D eigenvalue weighted by Gasteiger charge is -2.31. The van der Waals surface area contributed by atoms with E-state index in [-0.39, 0.29) is 36.2 Å². The molecular weight excluding hydrogens is 336 g/mol. The molecule has 1 aliphatic heterocycles. The number of carbonyl (C=O) groups excluding carboxylic acids is 2. The second kappa shape index (κ2) is 8.07. The van der Waals surface area contributed by atoms with Gasteiger partial charge in [0.15, 0.2) is 5.65 Å². The van der Waals surface area contributed by atoms with Gasteiger partial charge in [-0.2, -0.15) is 0 Å². The Bertz CT molecular complexity index is 856. The number of fused-ring (bicyclic) bond motifs is 1. The standard InChI is InChI=1S/C18H22N4O4/c1-26-17(24)12-13-7-10-21(11-8-13)16(23)6-5-14-18(25)22-9-3-2-4-15(22)20-19-14/h2-4,9,13H,5-8,10-12H2,1H3. The molecule has 0 saturated carbocycles. The largest absolute Gasteiger partial charge is 0.469 e. The van der Waals surface area contributed by atoms with Crippen LogP contribution in [0.4, 0.5) is 0 Å². The number of amides is 1. The van der Waals surface area contributed by atoms with Crippen LogP contribution in [0.5, 0.6) is 0 Å². The fourth-order valence-corrected chi connectivity index (χ4v) is 3.23. The maximum atomic E-state index is 12.4. The third-order valence-corrected chi connectivity index (χ3v) is 4.80. The number of nitrogens with zero attached hydrogens (tertiary/aromatic N) is 4. The molecule has 138 valence electrons. The van der Waals surface area contributed by atoms with Gasteiger partial charge < -0.3 is 9.64 Å². The van der Waals surface area contributed by atoms with Gasteiger partial charge >= 0.3 is 5.97 Å². The molecular formula is C18H22N4O4. The minimum absolute atomic E-state index is 0.000812. The molecule has 1 aliphatic rings. The topological polar surface area (TPSA) is 93.9 Å². The predicted octanol–water partition coefficient (Wildman–Crippen LogP) is 0.824. The molecule has 2 aromatic rings. The lowest BCUT2D eigenvalue weighted by molar-refractivity contribution is -0.142. The van der Waals surface area contributed by atoms with E-state index < -0.39 is 0 Å². The summed E-state index contributed by atoms with van der Waals surface area (Å²) < 4.78 is 6.13. The number of rotatable bonds is 5. The van der Waals surface area contributed by atoms with Gasteiger partial charge in [-0.1, -0.05) is 6.07 Å². The minimum atomic E-state index is -0.236. The van der Waals surface area contributed by atoms with Gasteiger partial charge in [0.05, 0.1) is 7.11 Å².